The summed E-state index contributed by atoms with van der Waals surface area (Å²) in [5.74, 6) is -2.90. The van der Waals surface area contributed by atoms with E-state index in [-0.39, 0.29) is 5.56 Å². The summed E-state index contributed by atoms with van der Waals surface area (Å²) in [5, 5.41) is 0. The maximum absolute atomic E-state index is 12.6. The summed E-state index contributed by atoms with van der Waals surface area (Å²) in [4.78, 5) is 11.2. The van der Waals surface area contributed by atoms with Gasteiger partial charge in [0, 0.05) is 0 Å². The smallest absolute Gasteiger partial charge is 0.294 e. The number of carbonyl (C=O) groups is 1. The van der Waals surface area contributed by atoms with Crippen molar-refractivity contribution in [3.8, 4) is 0 Å². The predicted octanol–water partition coefficient (Wildman–Crippen LogP) is 2.93. The molecule has 0 aromatic heterocycles. The van der Waals surface area contributed by atoms with Gasteiger partial charge in [0.1, 0.15) is 5.92 Å². The molecule has 4 heteroatoms. The Balaban J connectivity index is 2.57. The van der Waals surface area contributed by atoms with E-state index in [1.807, 2.05) is 0 Å². The first kappa shape index (κ1) is 9.96. The van der Waals surface area contributed by atoms with Crippen molar-refractivity contribution < 1.29 is 18.0 Å². The van der Waals surface area contributed by atoms with Crippen LogP contribution < -0.4 is 0 Å². The van der Waals surface area contributed by atoms with Gasteiger partial charge in [-0.15, -0.1) is 0 Å². The van der Waals surface area contributed by atoms with Gasteiger partial charge < -0.3 is 0 Å². The lowest BCUT2D eigenvalue weighted by Gasteiger charge is -2.22. The van der Waals surface area contributed by atoms with Gasteiger partial charge in [-0.2, -0.15) is 13.2 Å². The molecule has 1 nitrogen and oxygen atoms in total. The quantitative estimate of drug-likeness (QED) is 0.646. The van der Waals surface area contributed by atoms with Crippen LogP contribution >= 0.6 is 0 Å². The first-order chi connectivity index (χ1) is 7.00. The van der Waals surface area contributed by atoms with Crippen LogP contribution in [0.1, 0.15) is 17.0 Å². The van der Waals surface area contributed by atoms with Gasteiger partial charge in [-0.25, -0.2) is 0 Å². The van der Waals surface area contributed by atoms with Crippen molar-refractivity contribution in [2.45, 2.75) is 12.1 Å². The Morgan fingerprint density at radius 2 is 1.73 bits per heavy atom. The third kappa shape index (κ3) is 1.67. The number of carbonyl (C=O) groups excluding carboxylic acids is 1. The van der Waals surface area contributed by atoms with Gasteiger partial charge in [0.2, 0.25) is 0 Å². The fourth-order valence-electron chi connectivity index (χ4n) is 1.68. The molecule has 1 aliphatic carbocycles. The molecule has 1 aromatic carbocycles. The highest BCUT2D eigenvalue weighted by Crippen LogP contribution is 2.39. The molecule has 0 saturated heterocycles. The highest BCUT2D eigenvalue weighted by Gasteiger charge is 2.46. The Kier molecular flexibility index (Phi) is 2.14. The molecule has 0 amide bonds. The van der Waals surface area contributed by atoms with Crippen LogP contribution in [0, 0.1) is 0 Å². The molecule has 0 N–H and O–H groups in total. The standard InChI is InChI=1S/C11H7F3O/c12-11(13,14)10-8-4-2-1-3-7(8)5-6-9(10)15/h1-6,10H. The van der Waals surface area contributed by atoms with E-state index in [1.165, 1.54) is 18.2 Å². The van der Waals surface area contributed by atoms with Crippen molar-refractivity contribution in [1.29, 1.82) is 0 Å². The number of benzene rings is 1. The number of ketones is 1. The minimum Gasteiger partial charge on any atom is -0.294 e. The second-order valence-electron chi connectivity index (χ2n) is 3.34. The fourth-order valence-corrected chi connectivity index (χ4v) is 1.68. The number of halogens is 3. The highest BCUT2D eigenvalue weighted by atomic mass is 19.4. The number of alkyl halides is 3. The lowest BCUT2D eigenvalue weighted by molar-refractivity contribution is -0.160. The average Bonchev–Trinajstić information content (AvgIpc) is 2.15. The van der Waals surface area contributed by atoms with Crippen LogP contribution in [-0.2, 0) is 4.79 Å². The molecule has 15 heavy (non-hydrogen) atoms. The average molecular weight is 212 g/mol. The van der Waals surface area contributed by atoms with Crippen molar-refractivity contribution in [2.75, 3.05) is 0 Å². The molecule has 0 fully saturated rings. The number of fused-ring (bicyclic) bond motifs is 1. The fraction of sp³-hybridized carbons (Fsp3) is 0.182. The van der Waals surface area contributed by atoms with E-state index >= 15 is 0 Å². The van der Waals surface area contributed by atoms with E-state index in [9.17, 15) is 18.0 Å². The summed E-state index contributed by atoms with van der Waals surface area (Å²) in [7, 11) is 0. The number of hydrogen-bond acceptors (Lipinski definition) is 1. The molecule has 0 heterocycles. The third-order valence-electron chi connectivity index (χ3n) is 2.35. The Morgan fingerprint density at radius 1 is 1.07 bits per heavy atom. The van der Waals surface area contributed by atoms with Gasteiger partial charge in [-0.3, -0.25) is 4.79 Å². The highest BCUT2D eigenvalue weighted by molar-refractivity contribution is 6.02. The van der Waals surface area contributed by atoms with Crippen LogP contribution in [0.25, 0.3) is 6.08 Å². The molecule has 1 unspecified atom stereocenters. The topological polar surface area (TPSA) is 17.1 Å². The Labute approximate surface area is 84.2 Å². The van der Waals surface area contributed by atoms with Crippen LogP contribution in [0.5, 0.6) is 0 Å². The van der Waals surface area contributed by atoms with Crippen molar-refractivity contribution in [2.24, 2.45) is 0 Å². The monoisotopic (exact) mass is 212 g/mol. The van der Waals surface area contributed by atoms with Crippen molar-refractivity contribution >= 4 is 11.9 Å². The van der Waals surface area contributed by atoms with Gasteiger partial charge in [-0.1, -0.05) is 30.3 Å². The van der Waals surface area contributed by atoms with Gasteiger partial charge in [-0.05, 0) is 17.2 Å². The minimum atomic E-state index is -4.52. The molecule has 1 aliphatic rings. The molecule has 0 saturated carbocycles. The molecular formula is C11H7F3O. The lowest BCUT2D eigenvalue weighted by Crippen LogP contribution is -2.29. The van der Waals surface area contributed by atoms with Crippen molar-refractivity contribution in [3.05, 3.63) is 41.5 Å². The van der Waals surface area contributed by atoms with Gasteiger partial charge in [0.05, 0.1) is 0 Å². The Morgan fingerprint density at radius 3 is 2.40 bits per heavy atom. The molecule has 78 valence electrons. The molecule has 2 rings (SSSR count). The molecule has 0 radical (unpaired) electrons. The second-order valence-corrected chi connectivity index (χ2v) is 3.34. The van der Waals surface area contributed by atoms with E-state index in [4.69, 9.17) is 0 Å². The summed E-state index contributed by atoms with van der Waals surface area (Å²) >= 11 is 0. The van der Waals surface area contributed by atoms with Crippen LogP contribution in [-0.4, -0.2) is 12.0 Å². The summed E-state index contributed by atoms with van der Waals surface area (Å²) in [6, 6.07) is 6.06. The molecule has 0 spiro atoms. The van der Waals surface area contributed by atoms with Crippen LogP contribution in [0.3, 0.4) is 0 Å². The zero-order chi connectivity index (χ0) is 11.1. The lowest BCUT2D eigenvalue weighted by atomic mass is 9.86. The zero-order valence-electron chi connectivity index (χ0n) is 7.58. The maximum atomic E-state index is 12.6. The molecule has 1 aromatic rings. The Bertz CT molecular complexity index is 432. The second kappa shape index (κ2) is 3.22. The van der Waals surface area contributed by atoms with Gasteiger partial charge in [0.15, 0.2) is 5.78 Å². The SMILES string of the molecule is O=C1C=Cc2ccccc2C1C(F)(F)F. The zero-order valence-corrected chi connectivity index (χ0v) is 7.58. The van der Waals surface area contributed by atoms with E-state index in [1.54, 1.807) is 12.1 Å². The molecular weight excluding hydrogens is 205 g/mol. The molecule has 1 atom stereocenters. The third-order valence-corrected chi connectivity index (χ3v) is 2.35. The number of hydrogen-bond donors (Lipinski definition) is 0. The normalized spacial score (nSPS) is 20.2. The van der Waals surface area contributed by atoms with Crippen molar-refractivity contribution in [1.82, 2.24) is 0 Å². The maximum Gasteiger partial charge on any atom is 0.402 e. The number of allylic oxidation sites excluding steroid dienone is 1. The summed E-state index contributed by atoms with van der Waals surface area (Å²) < 4.78 is 37.8. The molecule has 0 aliphatic heterocycles. The van der Waals surface area contributed by atoms with Gasteiger partial charge >= 0.3 is 6.18 Å². The van der Waals surface area contributed by atoms with Crippen LogP contribution in [0.2, 0.25) is 0 Å². The van der Waals surface area contributed by atoms with Gasteiger partial charge in [0.25, 0.3) is 0 Å². The van der Waals surface area contributed by atoms with Crippen LogP contribution in [0.4, 0.5) is 13.2 Å². The summed E-state index contributed by atoms with van der Waals surface area (Å²) in [6.45, 7) is 0. The first-order valence-electron chi connectivity index (χ1n) is 4.38. The Hall–Kier alpha value is -1.58. The number of rotatable bonds is 0. The predicted molar refractivity (Wildman–Crippen MR) is 49.3 cm³/mol. The van der Waals surface area contributed by atoms with Crippen LogP contribution in [0.15, 0.2) is 30.3 Å². The first-order valence-corrected chi connectivity index (χ1v) is 4.38. The molecule has 0 bridgehead atoms. The van der Waals surface area contributed by atoms with E-state index in [0.717, 1.165) is 6.08 Å². The summed E-state index contributed by atoms with van der Waals surface area (Å²) in [5.41, 5.74) is 0.497. The van der Waals surface area contributed by atoms with E-state index in [2.05, 4.69) is 0 Å². The van der Waals surface area contributed by atoms with E-state index in [0.29, 0.717) is 5.56 Å². The van der Waals surface area contributed by atoms with E-state index < -0.39 is 17.9 Å². The summed E-state index contributed by atoms with van der Waals surface area (Å²) in [6.07, 6.45) is -2.11. The van der Waals surface area contributed by atoms with Crippen molar-refractivity contribution in [3.63, 3.8) is 0 Å². The largest absolute Gasteiger partial charge is 0.402 e. The minimum absolute atomic E-state index is 0.0394.